The molecule has 0 unspecified atom stereocenters. The van der Waals surface area contributed by atoms with Crippen LogP contribution in [0, 0.1) is 5.82 Å². The molecular formula is C18H18FNO3S. The molecule has 1 atom stereocenters. The average molecular weight is 347 g/mol. The van der Waals surface area contributed by atoms with Gasteiger partial charge in [-0.15, -0.1) is 0 Å². The van der Waals surface area contributed by atoms with Crippen molar-refractivity contribution in [1.82, 2.24) is 5.32 Å². The van der Waals surface area contributed by atoms with Gasteiger partial charge in [-0.05, 0) is 48.2 Å². The number of rotatable bonds is 4. The summed E-state index contributed by atoms with van der Waals surface area (Å²) in [5, 5.41) is 2.88. The molecular weight excluding hydrogens is 329 g/mol. The van der Waals surface area contributed by atoms with Crippen LogP contribution in [0.5, 0.6) is 0 Å². The normalized spacial score (nSPS) is 16.7. The quantitative estimate of drug-likeness (QED) is 0.925. The van der Waals surface area contributed by atoms with E-state index in [1.54, 1.807) is 25.1 Å². The van der Waals surface area contributed by atoms with Gasteiger partial charge < -0.3 is 5.32 Å². The highest BCUT2D eigenvalue weighted by molar-refractivity contribution is 7.91. The monoisotopic (exact) mass is 347 g/mol. The number of benzene rings is 2. The second-order valence-electron chi connectivity index (χ2n) is 5.81. The largest absolute Gasteiger partial charge is 0.345 e. The minimum absolute atomic E-state index is 0.0438. The smallest absolute Gasteiger partial charge is 0.253 e. The fourth-order valence-corrected chi connectivity index (χ4v) is 4.15. The topological polar surface area (TPSA) is 63.2 Å². The van der Waals surface area contributed by atoms with Crippen LogP contribution in [0.25, 0.3) is 0 Å². The Hall–Kier alpha value is -2.21. The molecule has 126 valence electrons. The number of halogens is 1. The Balaban J connectivity index is 1.88. The van der Waals surface area contributed by atoms with Gasteiger partial charge in [0.05, 0.1) is 22.3 Å². The van der Waals surface area contributed by atoms with Crippen LogP contribution in [0.3, 0.4) is 0 Å². The Morgan fingerprint density at radius 1 is 1.25 bits per heavy atom. The number of hydrogen-bond acceptors (Lipinski definition) is 3. The van der Waals surface area contributed by atoms with Crippen LogP contribution in [0.2, 0.25) is 0 Å². The highest BCUT2D eigenvalue weighted by Gasteiger charge is 2.27. The number of sulfone groups is 1. The minimum atomic E-state index is -3.48. The Morgan fingerprint density at radius 3 is 2.75 bits per heavy atom. The molecule has 2 aromatic rings. The number of carbonyl (C=O) groups excluding carboxylic acids is 1. The van der Waals surface area contributed by atoms with E-state index < -0.39 is 15.7 Å². The first kappa shape index (κ1) is 16.6. The van der Waals surface area contributed by atoms with Gasteiger partial charge >= 0.3 is 0 Å². The maximum Gasteiger partial charge on any atom is 0.253 e. The van der Waals surface area contributed by atoms with E-state index in [0.717, 1.165) is 11.1 Å². The SMILES string of the molecule is CCS(=O)(=O)c1ccccc1C(=O)N[C@H]1CCc2cc(F)ccc21. The summed E-state index contributed by atoms with van der Waals surface area (Å²) < 4.78 is 37.6. The molecule has 0 saturated carbocycles. The van der Waals surface area contributed by atoms with E-state index >= 15 is 0 Å². The van der Waals surface area contributed by atoms with Crippen LogP contribution >= 0.6 is 0 Å². The number of hydrogen-bond donors (Lipinski definition) is 1. The third-order valence-corrected chi connectivity index (χ3v) is 6.12. The van der Waals surface area contributed by atoms with Gasteiger partial charge in [0.15, 0.2) is 9.84 Å². The van der Waals surface area contributed by atoms with Crippen molar-refractivity contribution in [2.45, 2.75) is 30.7 Å². The van der Waals surface area contributed by atoms with E-state index in [-0.39, 0.29) is 28.1 Å². The lowest BCUT2D eigenvalue weighted by molar-refractivity contribution is 0.0933. The maximum absolute atomic E-state index is 13.3. The highest BCUT2D eigenvalue weighted by atomic mass is 32.2. The van der Waals surface area contributed by atoms with E-state index in [0.29, 0.717) is 12.8 Å². The molecule has 3 rings (SSSR count). The molecule has 2 aromatic carbocycles. The van der Waals surface area contributed by atoms with Crippen molar-refractivity contribution < 1.29 is 17.6 Å². The second-order valence-corrected chi connectivity index (χ2v) is 8.05. The summed E-state index contributed by atoms with van der Waals surface area (Å²) in [7, 11) is -3.48. The fraction of sp³-hybridized carbons (Fsp3) is 0.278. The van der Waals surface area contributed by atoms with E-state index in [2.05, 4.69) is 5.32 Å². The molecule has 24 heavy (non-hydrogen) atoms. The molecule has 0 saturated heterocycles. The number of amides is 1. The lowest BCUT2D eigenvalue weighted by Gasteiger charge is -2.16. The molecule has 0 aromatic heterocycles. The van der Waals surface area contributed by atoms with Gasteiger partial charge in [0.1, 0.15) is 5.82 Å². The zero-order valence-corrected chi connectivity index (χ0v) is 14.1. The summed E-state index contributed by atoms with van der Waals surface area (Å²) in [6.45, 7) is 1.55. The van der Waals surface area contributed by atoms with Crippen molar-refractivity contribution in [3.63, 3.8) is 0 Å². The van der Waals surface area contributed by atoms with Crippen LogP contribution < -0.4 is 5.32 Å². The van der Waals surface area contributed by atoms with Gasteiger partial charge in [0.25, 0.3) is 5.91 Å². The standard InChI is InChI=1S/C18H18FNO3S/c1-2-24(22,23)17-6-4-3-5-15(17)18(21)20-16-10-7-12-11-13(19)8-9-14(12)16/h3-6,8-9,11,16H,2,7,10H2,1H3,(H,20,21)/t16-/m0/s1. The third kappa shape index (κ3) is 3.06. The van der Waals surface area contributed by atoms with Gasteiger partial charge in [-0.3, -0.25) is 4.79 Å². The molecule has 6 heteroatoms. The van der Waals surface area contributed by atoms with E-state index in [4.69, 9.17) is 0 Å². The van der Waals surface area contributed by atoms with Crippen molar-refractivity contribution in [1.29, 1.82) is 0 Å². The van der Waals surface area contributed by atoms with Crippen molar-refractivity contribution in [3.8, 4) is 0 Å². The first-order chi connectivity index (χ1) is 11.4. The predicted molar refractivity (Wildman–Crippen MR) is 89.1 cm³/mol. The van der Waals surface area contributed by atoms with Crippen molar-refractivity contribution in [2.24, 2.45) is 0 Å². The lowest BCUT2D eigenvalue weighted by Crippen LogP contribution is -2.28. The van der Waals surface area contributed by atoms with Crippen LogP contribution in [0.4, 0.5) is 4.39 Å². The van der Waals surface area contributed by atoms with Gasteiger partial charge in [-0.2, -0.15) is 0 Å². The van der Waals surface area contributed by atoms with Crippen molar-refractivity contribution in [2.75, 3.05) is 5.75 Å². The zero-order chi connectivity index (χ0) is 17.3. The Morgan fingerprint density at radius 2 is 2.00 bits per heavy atom. The predicted octanol–water partition coefficient (Wildman–Crippen LogP) is 3.04. The first-order valence-electron chi connectivity index (χ1n) is 7.83. The van der Waals surface area contributed by atoms with Crippen molar-refractivity contribution >= 4 is 15.7 Å². The van der Waals surface area contributed by atoms with Crippen LogP contribution in [-0.4, -0.2) is 20.1 Å². The van der Waals surface area contributed by atoms with Crippen LogP contribution in [0.1, 0.15) is 40.9 Å². The summed E-state index contributed by atoms with van der Waals surface area (Å²) in [5.41, 5.74) is 1.92. The summed E-state index contributed by atoms with van der Waals surface area (Å²) in [4.78, 5) is 12.7. The summed E-state index contributed by atoms with van der Waals surface area (Å²) >= 11 is 0. The molecule has 0 spiro atoms. The Bertz CT molecular complexity index is 893. The molecule has 4 nitrogen and oxygen atoms in total. The fourth-order valence-electron chi connectivity index (χ4n) is 3.05. The Kier molecular flexibility index (Phi) is 4.41. The van der Waals surface area contributed by atoms with Gasteiger partial charge in [-0.25, -0.2) is 12.8 Å². The lowest BCUT2D eigenvalue weighted by atomic mass is 10.1. The van der Waals surface area contributed by atoms with Gasteiger partial charge in [0.2, 0.25) is 0 Å². The molecule has 1 amide bonds. The third-order valence-electron chi connectivity index (χ3n) is 4.33. The van der Waals surface area contributed by atoms with E-state index in [1.165, 1.54) is 24.3 Å². The van der Waals surface area contributed by atoms with Gasteiger partial charge in [0, 0.05) is 0 Å². The minimum Gasteiger partial charge on any atom is -0.345 e. The second kappa shape index (κ2) is 6.36. The molecule has 1 aliphatic rings. The maximum atomic E-state index is 13.3. The first-order valence-corrected chi connectivity index (χ1v) is 9.48. The average Bonchev–Trinajstić information content (AvgIpc) is 2.96. The molecule has 1 aliphatic carbocycles. The number of fused-ring (bicyclic) bond motifs is 1. The molecule has 0 aliphatic heterocycles. The van der Waals surface area contributed by atoms with Gasteiger partial charge in [-0.1, -0.05) is 25.1 Å². The molecule has 0 radical (unpaired) electrons. The van der Waals surface area contributed by atoms with E-state index in [1.807, 2.05) is 0 Å². The Labute approximate surface area is 140 Å². The zero-order valence-electron chi connectivity index (χ0n) is 13.3. The summed E-state index contributed by atoms with van der Waals surface area (Å²) in [6.07, 6.45) is 1.36. The number of nitrogens with one attached hydrogen (secondary N) is 1. The van der Waals surface area contributed by atoms with E-state index in [9.17, 15) is 17.6 Å². The van der Waals surface area contributed by atoms with Crippen molar-refractivity contribution in [3.05, 3.63) is 65.0 Å². The highest BCUT2D eigenvalue weighted by Crippen LogP contribution is 2.32. The molecule has 1 N–H and O–H groups in total. The number of carbonyl (C=O) groups is 1. The van der Waals surface area contributed by atoms with Crippen LogP contribution in [-0.2, 0) is 16.3 Å². The number of aryl methyl sites for hydroxylation is 1. The van der Waals surface area contributed by atoms with Crippen LogP contribution in [0.15, 0.2) is 47.4 Å². The summed E-state index contributed by atoms with van der Waals surface area (Å²) in [6, 6.07) is 10.5. The molecule has 0 heterocycles. The molecule has 0 bridgehead atoms. The molecule has 0 fully saturated rings. The summed E-state index contributed by atoms with van der Waals surface area (Å²) in [5.74, 6) is -0.784.